The van der Waals surface area contributed by atoms with E-state index < -0.39 is 0 Å². The molecule has 1 amide bonds. The zero-order valence-corrected chi connectivity index (χ0v) is 16.2. The molecule has 1 atom stereocenters. The van der Waals surface area contributed by atoms with E-state index in [-0.39, 0.29) is 11.8 Å². The van der Waals surface area contributed by atoms with Gasteiger partial charge in [0.25, 0.3) is 0 Å². The molecule has 1 saturated heterocycles. The number of nitrogens with zero attached hydrogens (tertiary/aromatic N) is 3. The fraction of sp³-hybridized carbons (Fsp3) is 0.238. The minimum Gasteiger partial charge on any atom is -0.324 e. The number of allylic oxidation sites excluding steroid dienone is 1. The molecule has 0 spiro atoms. The van der Waals surface area contributed by atoms with Crippen LogP contribution in [0, 0.1) is 0 Å². The maximum absolute atomic E-state index is 12.7. The van der Waals surface area contributed by atoms with Crippen LogP contribution in [0.1, 0.15) is 25.1 Å². The van der Waals surface area contributed by atoms with E-state index in [0.29, 0.717) is 13.0 Å². The highest BCUT2D eigenvalue weighted by molar-refractivity contribution is 9.10. The fourth-order valence-corrected chi connectivity index (χ4v) is 3.86. The normalized spacial score (nSPS) is 17.2. The van der Waals surface area contributed by atoms with Gasteiger partial charge in [-0.2, -0.15) is 0 Å². The van der Waals surface area contributed by atoms with Gasteiger partial charge in [-0.3, -0.25) is 4.79 Å². The summed E-state index contributed by atoms with van der Waals surface area (Å²) in [6.45, 7) is 7.45. The number of amides is 1. The molecule has 3 aromatic rings. The van der Waals surface area contributed by atoms with Crippen molar-refractivity contribution >= 4 is 38.6 Å². The molecule has 0 radical (unpaired) electrons. The number of hydrogen-bond donors (Lipinski definition) is 0. The second-order valence-electron chi connectivity index (χ2n) is 6.88. The fourth-order valence-electron chi connectivity index (χ4n) is 3.59. The molecular formula is C21H20BrN3O. The zero-order valence-electron chi connectivity index (χ0n) is 14.7. The number of fused-ring (bicyclic) bond motifs is 1. The van der Waals surface area contributed by atoms with Gasteiger partial charge in [0.05, 0.1) is 11.0 Å². The minimum atomic E-state index is 0.0814. The van der Waals surface area contributed by atoms with Gasteiger partial charge < -0.3 is 9.47 Å². The third-order valence-electron chi connectivity index (χ3n) is 4.74. The average Bonchev–Trinajstić information content (AvgIpc) is 3.16. The first-order valence-corrected chi connectivity index (χ1v) is 9.47. The van der Waals surface area contributed by atoms with E-state index in [9.17, 15) is 4.79 Å². The lowest BCUT2D eigenvalue weighted by Crippen LogP contribution is -2.24. The van der Waals surface area contributed by atoms with Crippen LogP contribution in [0.2, 0.25) is 0 Å². The van der Waals surface area contributed by atoms with Crippen molar-refractivity contribution in [2.45, 2.75) is 25.8 Å². The molecule has 1 aliphatic heterocycles. The van der Waals surface area contributed by atoms with Crippen molar-refractivity contribution in [3.8, 4) is 0 Å². The van der Waals surface area contributed by atoms with E-state index in [1.54, 1.807) is 0 Å². The molecule has 0 aliphatic carbocycles. The largest absolute Gasteiger partial charge is 0.324 e. The minimum absolute atomic E-state index is 0.0814. The Kier molecular flexibility index (Phi) is 4.41. The predicted octanol–water partition coefficient (Wildman–Crippen LogP) is 4.90. The van der Waals surface area contributed by atoms with Crippen molar-refractivity contribution < 1.29 is 4.79 Å². The quantitative estimate of drug-likeness (QED) is 0.574. The highest BCUT2D eigenvalue weighted by Crippen LogP contribution is 2.33. The van der Waals surface area contributed by atoms with E-state index >= 15 is 0 Å². The molecule has 1 aliphatic rings. The summed E-state index contributed by atoms with van der Waals surface area (Å²) in [7, 11) is 0. The van der Waals surface area contributed by atoms with E-state index in [1.165, 1.54) is 0 Å². The molecule has 132 valence electrons. The number of halogens is 1. The maximum atomic E-state index is 12.7. The highest BCUT2D eigenvalue weighted by atomic mass is 79.9. The van der Waals surface area contributed by atoms with Crippen LogP contribution in [0.25, 0.3) is 11.0 Å². The van der Waals surface area contributed by atoms with Gasteiger partial charge in [0.2, 0.25) is 5.91 Å². The lowest BCUT2D eigenvalue weighted by atomic mass is 10.1. The first-order valence-electron chi connectivity index (χ1n) is 8.68. The number of hydrogen-bond acceptors (Lipinski definition) is 2. The Balaban J connectivity index is 1.71. The number of carbonyl (C=O) groups excluding carboxylic acids is 1. The van der Waals surface area contributed by atoms with Gasteiger partial charge in [0.1, 0.15) is 5.82 Å². The number of imidazole rings is 1. The van der Waals surface area contributed by atoms with E-state index in [1.807, 2.05) is 54.3 Å². The van der Waals surface area contributed by atoms with Gasteiger partial charge in [-0.1, -0.05) is 40.2 Å². The van der Waals surface area contributed by atoms with Crippen molar-refractivity contribution in [1.29, 1.82) is 0 Å². The molecule has 4 nitrogen and oxygen atoms in total. The van der Waals surface area contributed by atoms with Crippen LogP contribution >= 0.6 is 15.9 Å². The molecule has 0 unspecified atom stereocenters. The first-order chi connectivity index (χ1) is 12.5. The molecule has 5 heteroatoms. The van der Waals surface area contributed by atoms with Crippen LogP contribution in [0.5, 0.6) is 0 Å². The van der Waals surface area contributed by atoms with Gasteiger partial charge in [-0.15, -0.1) is 0 Å². The maximum Gasteiger partial charge on any atom is 0.227 e. The summed E-state index contributed by atoms with van der Waals surface area (Å²) < 4.78 is 3.22. The number of rotatable bonds is 4. The van der Waals surface area contributed by atoms with Crippen molar-refractivity contribution in [2.75, 3.05) is 11.4 Å². The molecule has 1 aromatic heterocycles. The Hall–Kier alpha value is -2.40. The van der Waals surface area contributed by atoms with E-state index in [0.717, 1.165) is 39.1 Å². The Morgan fingerprint density at radius 1 is 1.23 bits per heavy atom. The summed E-state index contributed by atoms with van der Waals surface area (Å²) in [6.07, 6.45) is 0.482. The van der Waals surface area contributed by atoms with Crippen LogP contribution in [-0.4, -0.2) is 22.0 Å². The topological polar surface area (TPSA) is 38.1 Å². The molecule has 26 heavy (non-hydrogen) atoms. The van der Waals surface area contributed by atoms with Crippen LogP contribution in [0.3, 0.4) is 0 Å². The number of carbonyl (C=O) groups is 1. The summed E-state index contributed by atoms with van der Waals surface area (Å²) in [5.74, 6) is 1.20. The van der Waals surface area contributed by atoms with Gasteiger partial charge in [0, 0.05) is 35.6 Å². The standard InChI is InChI=1S/C21H20BrN3O/c1-14(2)12-25-19-6-4-3-5-18(19)23-21(25)15-11-20(26)24(13-15)17-9-7-16(22)8-10-17/h3-10,15H,1,11-13H2,2H3/t15-/m1/s1. The third kappa shape index (κ3) is 3.07. The predicted molar refractivity (Wildman–Crippen MR) is 108 cm³/mol. The molecule has 0 saturated carbocycles. The molecule has 2 aromatic carbocycles. The van der Waals surface area contributed by atoms with Gasteiger partial charge in [-0.05, 0) is 43.3 Å². The molecule has 2 heterocycles. The summed E-state index contributed by atoms with van der Waals surface area (Å²) in [5.41, 5.74) is 4.07. The van der Waals surface area contributed by atoms with E-state index in [2.05, 4.69) is 33.1 Å². The second-order valence-corrected chi connectivity index (χ2v) is 7.80. The lowest BCUT2D eigenvalue weighted by Gasteiger charge is -2.17. The molecular weight excluding hydrogens is 390 g/mol. The Labute approximate surface area is 161 Å². The number of benzene rings is 2. The van der Waals surface area contributed by atoms with E-state index in [4.69, 9.17) is 4.98 Å². The van der Waals surface area contributed by atoms with Crippen molar-refractivity contribution in [2.24, 2.45) is 0 Å². The zero-order chi connectivity index (χ0) is 18.3. The summed E-state index contributed by atoms with van der Waals surface area (Å²) >= 11 is 3.44. The molecule has 1 fully saturated rings. The third-order valence-corrected chi connectivity index (χ3v) is 5.27. The number of aromatic nitrogens is 2. The van der Waals surface area contributed by atoms with Gasteiger partial charge in [-0.25, -0.2) is 4.98 Å². The van der Waals surface area contributed by atoms with Crippen LogP contribution in [0.4, 0.5) is 5.69 Å². The number of para-hydroxylation sites is 2. The lowest BCUT2D eigenvalue weighted by molar-refractivity contribution is -0.117. The van der Waals surface area contributed by atoms with Crippen LogP contribution < -0.4 is 4.90 Å². The smallest absolute Gasteiger partial charge is 0.227 e. The summed E-state index contributed by atoms with van der Waals surface area (Å²) in [6, 6.07) is 16.0. The van der Waals surface area contributed by atoms with Crippen molar-refractivity contribution in [3.63, 3.8) is 0 Å². The SMILES string of the molecule is C=C(C)Cn1c([C@@H]2CC(=O)N(c3ccc(Br)cc3)C2)nc2ccccc21. The van der Waals surface area contributed by atoms with Gasteiger partial charge in [0.15, 0.2) is 0 Å². The first kappa shape index (κ1) is 17.0. The van der Waals surface area contributed by atoms with Gasteiger partial charge >= 0.3 is 0 Å². The Morgan fingerprint density at radius 2 is 1.96 bits per heavy atom. The molecule has 4 rings (SSSR count). The monoisotopic (exact) mass is 409 g/mol. The highest BCUT2D eigenvalue weighted by Gasteiger charge is 2.34. The Bertz CT molecular complexity index is 990. The molecule has 0 N–H and O–H groups in total. The van der Waals surface area contributed by atoms with Crippen LogP contribution in [0.15, 0.2) is 65.2 Å². The number of anilines is 1. The van der Waals surface area contributed by atoms with Crippen molar-refractivity contribution in [1.82, 2.24) is 9.55 Å². The second kappa shape index (κ2) is 6.72. The summed E-state index contributed by atoms with van der Waals surface area (Å²) in [5, 5.41) is 0. The average molecular weight is 410 g/mol. The summed E-state index contributed by atoms with van der Waals surface area (Å²) in [4.78, 5) is 19.4. The van der Waals surface area contributed by atoms with Crippen molar-refractivity contribution in [3.05, 3.63) is 71.0 Å². The Morgan fingerprint density at radius 3 is 2.69 bits per heavy atom. The molecule has 0 bridgehead atoms. The van der Waals surface area contributed by atoms with Crippen LogP contribution in [-0.2, 0) is 11.3 Å².